The number of hydrogen-bond donors (Lipinski definition) is 2. The van der Waals surface area contributed by atoms with Gasteiger partial charge >= 0.3 is 0 Å². The largest absolute Gasteiger partial charge is 0.353 e. The monoisotopic (exact) mass is 300 g/mol. The number of aromatic amines is 1. The molecule has 1 fully saturated rings. The van der Waals surface area contributed by atoms with E-state index in [2.05, 4.69) is 30.2 Å². The number of anilines is 1. The summed E-state index contributed by atoms with van der Waals surface area (Å²) in [6, 6.07) is -0.00744. The molecule has 2 aromatic heterocycles. The first kappa shape index (κ1) is 14.2. The van der Waals surface area contributed by atoms with E-state index >= 15 is 0 Å². The average molecular weight is 300 g/mol. The number of rotatable bonds is 3. The van der Waals surface area contributed by atoms with E-state index in [0.29, 0.717) is 6.54 Å². The van der Waals surface area contributed by atoms with Crippen LogP contribution < -0.4 is 15.8 Å². The second-order valence-electron chi connectivity index (χ2n) is 5.13. The Morgan fingerprint density at radius 3 is 2.95 bits per heavy atom. The maximum atomic E-state index is 12.1. The molecule has 1 atom stereocenters. The van der Waals surface area contributed by atoms with E-state index in [0.717, 1.165) is 31.4 Å². The fraction of sp³-hybridized carbons (Fsp3) is 0.357. The van der Waals surface area contributed by atoms with Gasteiger partial charge in [-0.05, 0) is 12.8 Å². The maximum Gasteiger partial charge on any atom is 0.269 e. The fourth-order valence-corrected chi connectivity index (χ4v) is 2.51. The summed E-state index contributed by atoms with van der Waals surface area (Å²) in [7, 11) is 0. The number of aromatic nitrogens is 4. The number of piperidine rings is 1. The van der Waals surface area contributed by atoms with Crippen LogP contribution in [0.15, 0.2) is 35.8 Å². The van der Waals surface area contributed by atoms with Crippen molar-refractivity contribution in [2.45, 2.75) is 18.9 Å². The summed E-state index contributed by atoms with van der Waals surface area (Å²) in [6.45, 7) is 1.55. The minimum atomic E-state index is -0.391. The molecular formula is C14H16N6O2. The van der Waals surface area contributed by atoms with Crippen LogP contribution in [-0.4, -0.2) is 45.0 Å². The van der Waals surface area contributed by atoms with Gasteiger partial charge in [0.05, 0.1) is 18.6 Å². The number of amides is 1. The summed E-state index contributed by atoms with van der Waals surface area (Å²) in [5.41, 5.74) is -0.221. The van der Waals surface area contributed by atoms with E-state index in [1.807, 2.05) is 0 Å². The van der Waals surface area contributed by atoms with Crippen molar-refractivity contribution >= 4 is 11.7 Å². The second-order valence-corrected chi connectivity index (χ2v) is 5.13. The molecule has 0 aliphatic carbocycles. The van der Waals surface area contributed by atoms with E-state index in [1.165, 1.54) is 6.20 Å². The van der Waals surface area contributed by atoms with Crippen molar-refractivity contribution in [2.75, 3.05) is 18.0 Å². The quantitative estimate of drug-likeness (QED) is 0.824. The molecule has 0 aromatic carbocycles. The zero-order chi connectivity index (χ0) is 15.4. The third-order valence-electron chi connectivity index (χ3n) is 3.53. The number of H-pyrrole nitrogens is 1. The molecule has 22 heavy (non-hydrogen) atoms. The SMILES string of the molecule is O=C(NC1CCCN(c2cnccn2)C1)c1cncc(=O)[nH]1. The smallest absolute Gasteiger partial charge is 0.269 e. The summed E-state index contributed by atoms with van der Waals surface area (Å²) in [6.07, 6.45) is 9.30. The third kappa shape index (κ3) is 3.27. The molecule has 1 aliphatic heterocycles. The number of nitrogens with one attached hydrogen (secondary N) is 2. The molecule has 3 rings (SSSR count). The molecule has 1 unspecified atom stereocenters. The Labute approximate surface area is 126 Å². The maximum absolute atomic E-state index is 12.1. The highest BCUT2D eigenvalue weighted by Gasteiger charge is 2.23. The lowest BCUT2D eigenvalue weighted by Gasteiger charge is -2.33. The Kier molecular flexibility index (Phi) is 4.08. The number of carbonyl (C=O) groups is 1. The van der Waals surface area contributed by atoms with Crippen LogP contribution in [0.25, 0.3) is 0 Å². The molecule has 0 bridgehead atoms. The first-order valence-electron chi connectivity index (χ1n) is 7.08. The lowest BCUT2D eigenvalue weighted by Crippen LogP contribution is -2.48. The van der Waals surface area contributed by atoms with Crippen LogP contribution in [0.1, 0.15) is 23.3 Å². The van der Waals surface area contributed by atoms with Gasteiger partial charge in [-0.1, -0.05) is 0 Å². The third-order valence-corrected chi connectivity index (χ3v) is 3.53. The average Bonchev–Trinajstić information content (AvgIpc) is 2.56. The normalized spacial score (nSPS) is 18.0. The highest BCUT2D eigenvalue weighted by Crippen LogP contribution is 2.16. The minimum absolute atomic E-state index is 0.00744. The van der Waals surface area contributed by atoms with Crippen LogP contribution in [-0.2, 0) is 0 Å². The van der Waals surface area contributed by atoms with Crippen molar-refractivity contribution in [1.82, 2.24) is 25.3 Å². The van der Waals surface area contributed by atoms with E-state index in [-0.39, 0.29) is 17.6 Å². The summed E-state index contributed by atoms with van der Waals surface area (Å²) in [4.78, 5) is 40.0. The molecule has 8 heteroatoms. The molecule has 3 heterocycles. The highest BCUT2D eigenvalue weighted by molar-refractivity contribution is 5.92. The predicted molar refractivity (Wildman–Crippen MR) is 79.6 cm³/mol. The van der Waals surface area contributed by atoms with Gasteiger partial charge in [-0.25, -0.2) is 4.98 Å². The zero-order valence-corrected chi connectivity index (χ0v) is 11.9. The molecule has 1 saturated heterocycles. The Hall–Kier alpha value is -2.77. The van der Waals surface area contributed by atoms with Crippen LogP contribution >= 0.6 is 0 Å². The van der Waals surface area contributed by atoms with Crippen LogP contribution in [0, 0.1) is 0 Å². The van der Waals surface area contributed by atoms with Gasteiger partial charge in [0.25, 0.3) is 11.5 Å². The van der Waals surface area contributed by atoms with Gasteiger partial charge in [0.15, 0.2) is 0 Å². The van der Waals surface area contributed by atoms with Crippen LogP contribution in [0.4, 0.5) is 5.82 Å². The van der Waals surface area contributed by atoms with Crippen LogP contribution in [0.5, 0.6) is 0 Å². The standard InChI is InChI=1S/C14H16N6O2/c21-13-8-16-6-11(19-13)14(22)18-10-2-1-5-20(9-10)12-7-15-3-4-17-12/h3-4,6-8,10H,1-2,5,9H2,(H,18,22)(H,19,21). The van der Waals surface area contributed by atoms with Gasteiger partial charge in [-0.15, -0.1) is 0 Å². The lowest BCUT2D eigenvalue weighted by molar-refractivity contribution is 0.0927. The topological polar surface area (TPSA) is 104 Å². The van der Waals surface area contributed by atoms with E-state index < -0.39 is 5.56 Å². The summed E-state index contributed by atoms with van der Waals surface area (Å²) in [5.74, 6) is 0.479. The zero-order valence-electron chi connectivity index (χ0n) is 11.9. The van der Waals surface area contributed by atoms with Crippen LogP contribution in [0.2, 0.25) is 0 Å². The van der Waals surface area contributed by atoms with E-state index in [1.54, 1.807) is 18.6 Å². The Bertz CT molecular complexity index is 702. The molecule has 0 radical (unpaired) electrons. The molecule has 0 saturated carbocycles. The number of hydrogen-bond acceptors (Lipinski definition) is 6. The van der Waals surface area contributed by atoms with Crippen LogP contribution in [0.3, 0.4) is 0 Å². The first-order chi connectivity index (χ1) is 10.7. The van der Waals surface area contributed by atoms with Gasteiger partial charge in [-0.2, -0.15) is 0 Å². The van der Waals surface area contributed by atoms with Gasteiger partial charge < -0.3 is 15.2 Å². The lowest BCUT2D eigenvalue weighted by atomic mass is 10.1. The summed E-state index contributed by atoms with van der Waals surface area (Å²) < 4.78 is 0. The Morgan fingerprint density at radius 2 is 2.18 bits per heavy atom. The predicted octanol–water partition coefficient (Wildman–Crippen LogP) is -0.0413. The van der Waals surface area contributed by atoms with Gasteiger partial charge in [0.2, 0.25) is 0 Å². The van der Waals surface area contributed by atoms with E-state index in [4.69, 9.17) is 0 Å². The number of nitrogens with zero attached hydrogens (tertiary/aromatic N) is 4. The summed E-state index contributed by atoms with van der Waals surface area (Å²) in [5, 5.41) is 2.92. The van der Waals surface area contributed by atoms with Crippen molar-refractivity contribution in [2.24, 2.45) is 0 Å². The van der Waals surface area contributed by atoms with Gasteiger partial charge in [0, 0.05) is 31.5 Å². The number of carbonyl (C=O) groups excluding carboxylic acids is 1. The minimum Gasteiger partial charge on any atom is -0.353 e. The van der Waals surface area contributed by atoms with E-state index in [9.17, 15) is 9.59 Å². The van der Waals surface area contributed by atoms with Crippen molar-refractivity contribution in [3.8, 4) is 0 Å². The molecular weight excluding hydrogens is 284 g/mol. The molecule has 1 aliphatic rings. The Morgan fingerprint density at radius 1 is 1.27 bits per heavy atom. The first-order valence-corrected chi connectivity index (χ1v) is 7.08. The van der Waals surface area contributed by atoms with Crippen molar-refractivity contribution in [3.05, 3.63) is 47.0 Å². The molecule has 1 amide bonds. The molecule has 2 N–H and O–H groups in total. The second kappa shape index (κ2) is 6.33. The highest BCUT2D eigenvalue weighted by atomic mass is 16.2. The van der Waals surface area contributed by atoms with Gasteiger partial charge in [-0.3, -0.25) is 19.6 Å². The summed E-state index contributed by atoms with van der Waals surface area (Å²) >= 11 is 0. The molecule has 0 spiro atoms. The molecule has 8 nitrogen and oxygen atoms in total. The van der Waals surface area contributed by atoms with Crippen molar-refractivity contribution in [1.29, 1.82) is 0 Å². The molecule has 114 valence electrons. The Balaban J connectivity index is 1.65. The molecule has 2 aromatic rings. The van der Waals surface area contributed by atoms with Crippen molar-refractivity contribution in [3.63, 3.8) is 0 Å². The van der Waals surface area contributed by atoms with Gasteiger partial charge in [0.1, 0.15) is 11.5 Å². The van der Waals surface area contributed by atoms with Crippen molar-refractivity contribution < 1.29 is 4.79 Å². The fourth-order valence-electron chi connectivity index (χ4n) is 2.51.